The first kappa shape index (κ1) is 25.8. The molecule has 0 amide bonds. The summed E-state index contributed by atoms with van der Waals surface area (Å²) in [5, 5.41) is 27.6. The van der Waals surface area contributed by atoms with Crippen molar-refractivity contribution in [2.75, 3.05) is 5.32 Å². The molecule has 4 aromatic rings. The highest BCUT2D eigenvalue weighted by atomic mass is 32.2. The smallest absolute Gasteiger partial charge is 0.326 e. The van der Waals surface area contributed by atoms with Gasteiger partial charge < -0.3 is 15.4 Å². The van der Waals surface area contributed by atoms with Crippen molar-refractivity contribution in [1.29, 1.82) is 5.26 Å². The Morgan fingerprint density at radius 3 is 2.60 bits per heavy atom. The third kappa shape index (κ3) is 5.47. The second-order valence-electron chi connectivity index (χ2n) is 10.1. The van der Waals surface area contributed by atoms with Crippen molar-refractivity contribution in [2.45, 2.75) is 61.5 Å². The number of nitrogens with one attached hydrogen (secondary N) is 4. The van der Waals surface area contributed by atoms with Gasteiger partial charge in [0, 0.05) is 23.4 Å². The van der Waals surface area contributed by atoms with E-state index in [0.29, 0.717) is 40.6 Å². The molecule has 3 aromatic heterocycles. The number of aromatic hydroxyl groups is 1. The maximum Gasteiger partial charge on any atom is 0.326 e. The summed E-state index contributed by atoms with van der Waals surface area (Å²) in [7, 11) is -3.73. The Morgan fingerprint density at radius 1 is 1.12 bits per heavy atom. The Kier molecular flexibility index (Phi) is 6.60. The monoisotopic (exact) mass is 561 g/mol. The number of rotatable bonds is 7. The van der Waals surface area contributed by atoms with Crippen molar-refractivity contribution in [3.63, 3.8) is 0 Å². The van der Waals surface area contributed by atoms with Gasteiger partial charge in [-0.15, -0.1) is 0 Å². The maximum absolute atomic E-state index is 12.9. The molecule has 2 aliphatic rings. The predicted octanol–water partition coefficient (Wildman–Crippen LogP) is 0.635. The molecule has 0 spiro atoms. The first-order chi connectivity index (χ1) is 19.3. The van der Waals surface area contributed by atoms with Crippen LogP contribution in [0.2, 0.25) is 0 Å². The van der Waals surface area contributed by atoms with E-state index in [1.807, 2.05) is 12.1 Å². The van der Waals surface area contributed by atoms with E-state index in [1.54, 1.807) is 28.9 Å². The van der Waals surface area contributed by atoms with Gasteiger partial charge in [0.1, 0.15) is 11.5 Å². The van der Waals surface area contributed by atoms with E-state index in [-0.39, 0.29) is 34.6 Å². The average Bonchev–Trinajstić information content (AvgIpc) is 3.57. The second kappa shape index (κ2) is 10.2. The normalized spacial score (nSPS) is 20.6. The topological polar surface area (TPSA) is 193 Å². The molecule has 6 rings (SSSR count). The standard InChI is InChI=1S/C26H27N9O4S/c27-13-15-2-1-3-20(10-15)40(38,39)34-19-8-6-17(7-9-19)29-22-12-23(30-18-4-5-18)35-24(32-22)16(14-28-35)11-21-25(36)33-26(37)31-21/h1-3,10-12,14,17-19,29,34,36H,4-9H2,(H2,31,33,37)/b16-11+,30-23?. The van der Waals surface area contributed by atoms with Crippen LogP contribution in [0.25, 0.3) is 11.7 Å². The third-order valence-corrected chi connectivity index (χ3v) is 8.57. The van der Waals surface area contributed by atoms with Gasteiger partial charge in [0.2, 0.25) is 15.9 Å². The number of hydrogen-bond donors (Lipinski definition) is 5. The van der Waals surface area contributed by atoms with E-state index < -0.39 is 15.7 Å². The van der Waals surface area contributed by atoms with Crippen LogP contribution in [0.4, 0.5) is 5.82 Å². The van der Waals surface area contributed by atoms with Crippen LogP contribution in [0.3, 0.4) is 0 Å². The third-order valence-electron chi connectivity index (χ3n) is 7.05. The first-order valence-corrected chi connectivity index (χ1v) is 14.5. The predicted molar refractivity (Wildman–Crippen MR) is 145 cm³/mol. The Labute approximate surface area is 228 Å². The summed E-state index contributed by atoms with van der Waals surface area (Å²) in [5.74, 6) is 0.345. The second-order valence-corrected chi connectivity index (χ2v) is 11.8. The molecule has 206 valence electrons. The Bertz CT molecular complexity index is 1910. The lowest BCUT2D eigenvalue weighted by Gasteiger charge is -2.29. The van der Waals surface area contributed by atoms with Gasteiger partial charge in [-0.3, -0.25) is 9.98 Å². The van der Waals surface area contributed by atoms with Gasteiger partial charge in [0.05, 0.1) is 28.8 Å². The molecule has 0 saturated heterocycles. The van der Waals surface area contributed by atoms with E-state index in [2.05, 4.69) is 25.1 Å². The zero-order valence-corrected chi connectivity index (χ0v) is 22.1. The minimum absolute atomic E-state index is 0.0758. The van der Waals surface area contributed by atoms with Crippen molar-refractivity contribution in [3.05, 3.63) is 69.0 Å². The summed E-state index contributed by atoms with van der Waals surface area (Å²) in [6.45, 7) is 0. The Balaban J connectivity index is 1.21. The molecule has 0 unspecified atom stereocenters. The molecule has 13 nitrogen and oxygen atoms in total. The molecule has 2 aliphatic carbocycles. The summed E-state index contributed by atoms with van der Waals surface area (Å²) in [6.07, 6.45) is 7.97. The van der Waals surface area contributed by atoms with Crippen LogP contribution in [-0.4, -0.2) is 56.2 Å². The largest absolute Gasteiger partial charge is 0.493 e. The number of anilines is 1. The summed E-state index contributed by atoms with van der Waals surface area (Å²) < 4.78 is 30.1. The number of aromatic amines is 2. The number of imidazole rings is 1. The maximum atomic E-state index is 12.9. The van der Waals surface area contributed by atoms with Gasteiger partial charge in [-0.05, 0) is 62.8 Å². The molecular formula is C26H27N9O4S. The van der Waals surface area contributed by atoms with E-state index >= 15 is 0 Å². The fourth-order valence-electron chi connectivity index (χ4n) is 4.85. The number of nitriles is 1. The quantitative estimate of drug-likeness (QED) is 0.217. The molecule has 1 aromatic carbocycles. The van der Waals surface area contributed by atoms with Crippen LogP contribution in [-0.2, 0) is 10.0 Å². The summed E-state index contributed by atoms with van der Waals surface area (Å²) in [6, 6.07) is 9.93. The van der Waals surface area contributed by atoms with Crippen LogP contribution < -0.4 is 26.4 Å². The first-order valence-electron chi connectivity index (χ1n) is 13.0. The molecule has 5 N–H and O–H groups in total. The highest BCUT2D eigenvalue weighted by Crippen LogP contribution is 2.24. The van der Waals surface area contributed by atoms with E-state index in [4.69, 9.17) is 15.2 Å². The molecule has 0 radical (unpaired) electrons. The summed E-state index contributed by atoms with van der Waals surface area (Å²) in [5.41, 5.74) is 1.17. The fourth-order valence-corrected chi connectivity index (χ4v) is 6.21. The van der Waals surface area contributed by atoms with Crippen molar-refractivity contribution >= 4 is 27.6 Å². The molecule has 14 heteroatoms. The van der Waals surface area contributed by atoms with Crippen LogP contribution in [0.1, 0.15) is 49.8 Å². The number of aromatic nitrogens is 5. The van der Waals surface area contributed by atoms with Gasteiger partial charge in [-0.1, -0.05) is 6.07 Å². The van der Waals surface area contributed by atoms with Crippen LogP contribution in [0.15, 0.2) is 51.2 Å². The lowest BCUT2D eigenvalue weighted by atomic mass is 9.92. The molecule has 0 atom stereocenters. The molecule has 0 bridgehead atoms. The minimum Gasteiger partial charge on any atom is -0.493 e. The minimum atomic E-state index is -3.73. The lowest BCUT2D eigenvalue weighted by molar-refractivity contribution is 0.387. The van der Waals surface area contributed by atoms with Crippen molar-refractivity contribution in [2.24, 2.45) is 4.99 Å². The summed E-state index contributed by atoms with van der Waals surface area (Å²) in [4.78, 5) is 26.0. The Morgan fingerprint density at radius 2 is 1.90 bits per heavy atom. The highest BCUT2D eigenvalue weighted by Gasteiger charge is 2.26. The summed E-state index contributed by atoms with van der Waals surface area (Å²) >= 11 is 0. The fraction of sp³-hybridized carbons (Fsp3) is 0.346. The average molecular weight is 562 g/mol. The van der Waals surface area contributed by atoms with E-state index in [1.165, 1.54) is 12.1 Å². The van der Waals surface area contributed by atoms with Crippen molar-refractivity contribution in [1.82, 2.24) is 29.3 Å². The van der Waals surface area contributed by atoms with Gasteiger partial charge >= 0.3 is 5.69 Å². The number of benzene rings is 1. The van der Waals surface area contributed by atoms with Crippen LogP contribution in [0.5, 0.6) is 5.88 Å². The molecule has 3 heterocycles. The van der Waals surface area contributed by atoms with E-state index in [0.717, 1.165) is 25.7 Å². The zero-order chi connectivity index (χ0) is 27.9. The van der Waals surface area contributed by atoms with Gasteiger partial charge in [0.25, 0.3) is 0 Å². The van der Waals surface area contributed by atoms with Gasteiger partial charge in [0.15, 0.2) is 11.1 Å². The number of fused-ring (bicyclic) bond motifs is 1. The molecule has 40 heavy (non-hydrogen) atoms. The number of nitrogens with zero attached hydrogens (tertiary/aromatic N) is 5. The van der Waals surface area contributed by atoms with Crippen LogP contribution in [0, 0.1) is 11.3 Å². The SMILES string of the molecule is N#Cc1cccc(S(=O)(=O)NC2CCC(Nc3cc(=NC4CC4)n4nc/c(=C\c5[nH]c(=O)[nH]c5O)c4n3)CC2)c1. The Hall–Kier alpha value is -4.48. The molecule has 0 aliphatic heterocycles. The van der Waals surface area contributed by atoms with Gasteiger partial charge in [-0.2, -0.15) is 14.9 Å². The molecule has 2 saturated carbocycles. The number of H-pyrrole nitrogens is 2. The van der Waals surface area contributed by atoms with Gasteiger partial charge in [-0.25, -0.2) is 22.9 Å². The van der Waals surface area contributed by atoms with Crippen molar-refractivity contribution < 1.29 is 13.5 Å². The number of hydrogen-bond acceptors (Lipinski definition) is 9. The number of sulfonamides is 1. The van der Waals surface area contributed by atoms with E-state index in [9.17, 15) is 18.3 Å². The molecule has 2 fully saturated rings. The highest BCUT2D eigenvalue weighted by molar-refractivity contribution is 7.89. The van der Waals surface area contributed by atoms with Crippen molar-refractivity contribution in [3.8, 4) is 11.9 Å². The van der Waals surface area contributed by atoms with Crippen LogP contribution >= 0.6 is 0 Å². The molecular weight excluding hydrogens is 534 g/mol. The lowest BCUT2D eigenvalue weighted by Crippen LogP contribution is -2.40. The zero-order valence-electron chi connectivity index (χ0n) is 21.3.